The second-order valence-electron chi connectivity index (χ2n) is 5.90. The van der Waals surface area contributed by atoms with E-state index >= 15 is 0 Å². The Bertz CT molecular complexity index is 617. The van der Waals surface area contributed by atoms with E-state index in [1.165, 1.54) is 11.1 Å². The topological polar surface area (TPSA) is 59.2 Å². The number of amides is 1. The van der Waals surface area contributed by atoms with Crippen LogP contribution in [0.25, 0.3) is 10.2 Å². The van der Waals surface area contributed by atoms with E-state index in [9.17, 15) is 4.79 Å². The summed E-state index contributed by atoms with van der Waals surface area (Å²) in [4.78, 5) is 19.0. The van der Waals surface area contributed by atoms with Gasteiger partial charge in [-0.1, -0.05) is 12.1 Å². The molecule has 2 heterocycles. The quantitative estimate of drug-likeness (QED) is 0.845. The van der Waals surface area contributed by atoms with Crippen molar-refractivity contribution in [1.82, 2.24) is 9.88 Å². The number of nitrogens with zero attached hydrogens (tertiary/aromatic N) is 2. The third-order valence-electron chi connectivity index (χ3n) is 4.34. The average Bonchev–Trinajstić information content (AvgIpc) is 2.97. The fourth-order valence-corrected chi connectivity index (χ4v) is 4.14. The van der Waals surface area contributed by atoms with E-state index < -0.39 is 0 Å². The zero-order chi connectivity index (χ0) is 15.4. The number of thiazole rings is 1. The van der Waals surface area contributed by atoms with Crippen molar-refractivity contribution < 1.29 is 4.79 Å². The lowest BCUT2D eigenvalue weighted by Crippen LogP contribution is -2.47. The number of piperidine rings is 1. The van der Waals surface area contributed by atoms with Gasteiger partial charge in [-0.3, -0.25) is 4.79 Å². The van der Waals surface area contributed by atoms with E-state index in [2.05, 4.69) is 11.1 Å². The molecule has 1 atom stereocenters. The number of fused-ring (bicyclic) bond motifs is 1. The first-order valence-corrected chi connectivity index (χ1v) is 8.93. The number of hydrogen-bond acceptors (Lipinski definition) is 4. The summed E-state index contributed by atoms with van der Waals surface area (Å²) in [6.07, 6.45) is 5.71. The Labute approximate surface area is 159 Å². The average molecular weight is 390 g/mol. The van der Waals surface area contributed by atoms with E-state index in [0.29, 0.717) is 13.0 Å². The van der Waals surface area contributed by atoms with E-state index in [1.54, 1.807) is 11.3 Å². The number of likely N-dealkylation sites (tertiary alicyclic amines) is 1. The van der Waals surface area contributed by atoms with Crippen LogP contribution in [0.5, 0.6) is 0 Å². The first kappa shape index (κ1) is 21.2. The Morgan fingerprint density at radius 2 is 2.08 bits per heavy atom. The molecular weight excluding hydrogens is 365 g/mol. The monoisotopic (exact) mass is 389 g/mol. The molecule has 2 aromatic rings. The number of rotatable bonds is 5. The molecule has 24 heavy (non-hydrogen) atoms. The van der Waals surface area contributed by atoms with E-state index in [0.717, 1.165) is 42.8 Å². The van der Waals surface area contributed by atoms with Crippen LogP contribution >= 0.6 is 36.2 Å². The normalized spacial score (nSPS) is 17.2. The fraction of sp³-hybridized carbons (Fsp3) is 0.529. The highest BCUT2D eigenvalue weighted by Crippen LogP contribution is 2.23. The van der Waals surface area contributed by atoms with Crippen LogP contribution in [0.2, 0.25) is 0 Å². The standard InChI is InChI=1S/C17H23N3OS.2ClH/c18-12-13-6-3-4-11-20(13)17(21)10-5-9-16-19-14-7-1-2-8-15(14)22-16;;/h1-2,7-8,13H,3-6,9-12,18H2;2*1H. The van der Waals surface area contributed by atoms with Gasteiger partial charge >= 0.3 is 0 Å². The third kappa shape index (κ3) is 5.06. The maximum absolute atomic E-state index is 12.4. The molecule has 3 rings (SSSR count). The molecule has 0 spiro atoms. The molecule has 1 amide bonds. The third-order valence-corrected chi connectivity index (χ3v) is 5.44. The molecule has 0 saturated carbocycles. The summed E-state index contributed by atoms with van der Waals surface area (Å²) in [6.45, 7) is 1.46. The van der Waals surface area contributed by atoms with Crippen molar-refractivity contribution in [3.05, 3.63) is 29.3 Å². The predicted molar refractivity (Wildman–Crippen MR) is 105 cm³/mol. The number of carbonyl (C=O) groups is 1. The molecule has 0 radical (unpaired) electrons. The summed E-state index contributed by atoms with van der Waals surface area (Å²) in [6, 6.07) is 8.44. The molecule has 0 bridgehead atoms. The van der Waals surface area contributed by atoms with Gasteiger partial charge in [0.05, 0.1) is 15.2 Å². The zero-order valence-electron chi connectivity index (χ0n) is 13.6. The molecule has 134 valence electrons. The maximum Gasteiger partial charge on any atom is 0.222 e. The minimum absolute atomic E-state index is 0. The molecule has 1 fully saturated rings. The molecule has 2 N–H and O–H groups in total. The first-order valence-electron chi connectivity index (χ1n) is 8.12. The Hall–Kier alpha value is -0.880. The van der Waals surface area contributed by atoms with Gasteiger partial charge in [-0.15, -0.1) is 36.2 Å². The minimum atomic E-state index is 0. The summed E-state index contributed by atoms with van der Waals surface area (Å²) in [5, 5.41) is 1.13. The van der Waals surface area contributed by atoms with Crippen LogP contribution in [0.1, 0.15) is 37.1 Å². The summed E-state index contributed by atoms with van der Waals surface area (Å²) in [5.41, 5.74) is 6.86. The Balaban J connectivity index is 0.00000144. The largest absolute Gasteiger partial charge is 0.338 e. The van der Waals surface area contributed by atoms with Crippen molar-refractivity contribution in [3.8, 4) is 0 Å². The number of aromatic nitrogens is 1. The predicted octanol–water partition coefficient (Wildman–Crippen LogP) is 3.80. The molecular formula is C17H25Cl2N3OS. The molecule has 1 aliphatic heterocycles. The van der Waals surface area contributed by atoms with Crippen molar-refractivity contribution in [2.45, 2.75) is 44.6 Å². The number of benzene rings is 1. The van der Waals surface area contributed by atoms with Crippen LogP contribution in [-0.4, -0.2) is 34.9 Å². The Morgan fingerprint density at radius 1 is 1.29 bits per heavy atom. The van der Waals surface area contributed by atoms with Gasteiger partial charge < -0.3 is 10.6 Å². The number of hydrogen-bond donors (Lipinski definition) is 1. The van der Waals surface area contributed by atoms with Gasteiger partial charge in [-0.2, -0.15) is 0 Å². The molecule has 7 heteroatoms. The molecule has 4 nitrogen and oxygen atoms in total. The molecule has 1 aromatic carbocycles. The van der Waals surface area contributed by atoms with E-state index in [4.69, 9.17) is 5.73 Å². The van der Waals surface area contributed by atoms with Crippen LogP contribution in [0.15, 0.2) is 24.3 Å². The lowest BCUT2D eigenvalue weighted by molar-refractivity contribution is -0.134. The van der Waals surface area contributed by atoms with Crippen LogP contribution in [0.3, 0.4) is 0 Å². The number of aryl methyl sites for hydroxylation is 1. The minimum Gasteiger partial charge on any atom is -0.338 e. The number of para-hydroxylation sites is 1. The van der Waals surface area contributed by atoms with Crippen LogP contribution in [0, 0.1) is 0 Å². The SMILES string of the molecule is Cl.Cl.NCC1CCCCN1C(=O)CCCc1nc2ccccc2s1. The van der Waals surface area contributed by atoms with Crippen molar-refractivity contribution in [3.63, 3.8) is 0 Å². The van der Waals surface area contributed by atoms with E-state index in [-0.39, 0.29) is 36.8 Å². The second-order valence-corrected chi connectivity index (χ2v) is 7.02. The highest BCUT2D eigenvalue weighted by molar-refractivity contribution is 7.18. The molecule has 1 aromatic heterocycles. The van der Waals surface area contributed by atoms with Gasteiger partial charge in [0.2, 0.25) is 5.91 Å². The number of halogens is 2. The van der Waals surface area contributed by atoms with Gasteiger partial charge in [0.15, 0.2) is 0 Å². The highest BCUT2D eigenvalue weighted by atomic mass is 35.5. The number of nitrogens with two attached hydrogens (primary N) is 1. The molecule has 0 aliphatic carbocycles. The van der Waals surface area contributed by atoms with Crippen LogP contribution in [-0.2, 0) is 11.2 Å². The van der Waals surface area contributed by atoms with Crippen molar-refractivity contribution in [2.75, 3.05) is 13.1 Å². The summed E-state index contributed by atoms with van der Waals surface area (Å²) in [7, 11) is 0. The summed E-state index contributed by atoms with van der Waals surface area (Å²) < 4.78 is 1.23. The van der Waals surface area contributed by atoms with Gasteiger partial charge in [0, 0.05) is 25.6 Å². The molecule has 1 unspecified atom stereocenters. The van der Waals surface area contributed by atoms with E-state index in [1.807, 2.05) is 23.1 Å². The number of carbonyl (C=O) groups excluding carboxylic acids is 1. The summed E-state index contributed by atoms with van der Waals surface area (Å²) >= 11 is 1.73. The smallest absolute Gasteiger partial charge is 0.222 e. The van der Waals surface area contributed by atoms with Crippen molar-refractivity contribution in [2.24, 2.45) is 5.73 Å². The fourth-order valence-electron chi connectivity index (χ4n) is 3.14. The Kier molecular flexibility index (Phi) is 8.98. The maximum atomic E-state index is 12.4. The first-order chi connectivity index (χ1) is 10.8. The van der Waals surface area contributed by atoms with Crippen LogP contribution < -0.4 is 5.73 Å². The summed E-state index contributed by atoms with van der Waals surface area (Å²) in [5.74, 6) is 0.260. The van der Waals surface area contributed by atoms with Crippen LogP contribution in [0.4, 0.5) is 0 Å². The zero-order valence-corrected chi connectivity index (χ0v) is 16.1. The van der Waals surface area contributed by atoms with Crippen molar-refractivity contribution >= 4 is 52.3 Å². The second kappa shape index (κ2) is 10.2. The van der Waals surface area contributed by atoms with Gasteiger partial charge in [0.1, 0.15) is 0 Å². The molecule has 1 saturated heterocycles. The van der Waals surface area contributed by atoms with Gasteiger partial charge in [-0.25, -0.2) is 4.98 Å². The van der Waals surface area contributed by atoms with Gasteiger partial charge in [-0.05, 0) is 44.2 Å². The Morgan fingerprint density at radius 3 is 2.83 bits per heavy atom. The van der Waals surface area contributed by atoms with Gasteiger partial charge in [0.25, 0.3) is 0 Å². The lowest BCUT2D eigenvalue weighted by Gasteiger charge is -2.35. The van der Waals surface area contributed by atoms with Crippen molar-refractivity contribution in [1.29, 1.82) is 0 Å². The lowest BCUT2D eigenvalue weighted by atomic mass is 10.0. The highest BCUT2D eigenvalue weighted by Gasteiger charge is 2.24. The molecule has 1 aliphatic rings.